The smallest absolute Gasteiger partial charge is 0.108 e. The van der Waals surface area contributed by atoms with E-state index in [1.807, 2.05) is 12.5 Å². The fourth-order valence-corrected chi connectivity index (χ4v) is 9.67. The summed E-state index contributed by atoms with van der Waals surface area (Å²) < 4.78 is 18.7. The number of nitrogens with zero attached hydrogens (tertiary/aromatic N) is 1. The lowest BCUT2D eigenvalue weighted by Gasteiger charge is -2.59. The Bertz CT molecular complexity index is 924. The molecular formula is C31H48N2O3. The van der Waals surface area contributed by atoms with Gasteiger partial charge in [-0.25, -0.2) is 0 Å². The van der Waals surface area contributed by atoms with E-state index in [-0.39, 0.29) is 23.9 Å². The van der Waals surface area contributed by atoms with Crippen LogP contribution in [-0.2, 0) is 9.47 Å². The van der Waals surface area contributed by atoms with Crippen LogP contribution in [0.2, 0.25) is 0 Å². The van der Waals surface area contributed by atoms with Crippen LogP contribution in [0.4, 0.5) is 0 Å². The van der Waals surface area contributed by atoms with Crippen molar-refractivity contribution in [1.82, 2.24) is 4.90 Å². The van der Waals surface area contributed by atoms with Crippen molar-refractivity contribution in [1.29, 1.82) is 0 Å². The lowest BCUT2D eigenvalue weighted by Crippen LogP contribution is -2.54. The van der Waals surface area contributed by atoms with Crippen LogP contribution >= 0.6 is 0 Å². The van der Waals surface area contributed by atoms with E-state index < -0.39 is 0 Å². The van der Waals surface area contributed by atoms with Crippen molar-refractivity contribution in [3.63, 3.8) is 0 Å². The number of allylic oxidation sites excluding steroid dienone is 1. The third kappa shape index (κ3) is 4.13. The van der Waals surface area contributed by atoms with Crippen LogP contribution in [0.15, 0.2) is 34.7 Å². The summed E-state index contributed by atoms with van der Waals surface area (Å²) in [5.41, 5.74) is 9.55. The van der Waals surface area contributed by atoms with Gasteiger partial charge in [0, 0.05) is 19.6 Å². The predicted octanol–water partition coefficient (Wildman–Crippen LogP) is 6.11. The number of likely N-dealkylation sites (tertiary alicyclic amines) is 1. The van der Waals surface area contributed by atoms with Gasteiger partial charge in [0.25, 0.3) is 0 Å². The van der Waals surface area contributed by atoms with E-state index in [4.69, 9.17) is 19.6 Å². The van der Waals surface area contributed by atoms with Crippen molar-refractivity contribution in [3.8, 4) is 0 Å². The first-order valence-electron chi connectivity index (χ1n) is 14.9. The van der Waals surface area contributed by atoms with Gasteiger partial charge in [0.1, 0.15) is 12.3 Å². The van der Waals surface area contributed by atoms with Crippen molar-refractivity contribution in [2.45, 2.75) is 103 Å². The highest BCUT2D eigenvalue weighted by Crippen LogP contribution is 2.68. The Hall–Kier alpha value is -1.14. The molecule has 3 saturated carbocycles. The second-order valence-corrected chi connectivity index (χ2v) is 13.1. The van der Waals surface area contributed by atoms with E-state index in [1.54, 1.807) is 5.57 Å². The number of fused-ring (bicyclic) bond motifs is 5. The van der Waals surface area contributed by atoms with Gasteiger partial charge < -0.3 is 19.6 Å². The minimum atomic E-state index is 0.0315. The van der Waals surface area contributed by atoms with Gasteiger partial charge in [-0.15, -0.1) is 0 Å². The van der Waals surface area contributed by atoms with E-state index in [2.05, 4.69) is 37.8 Å². The molecule has 4 fully saturated rings. The van der Waals surface area contributed by atoms with Crippen LogP contribution in [0.3, 0.4) is 0 Å². The molecule has 36 heavy (non-hydrogen) atoms. The molecule has 0 bridgehead atoms. The zero-order chi connectivity index (χ0) is 24.9. The number of rotatable bonds is 7. The van der Waals surface area contributed by atoms with E-state index in [0.29, 0.717) is 24.5 Å². The molecule has 1 saturated heterocycles. The zero-order valence-electron chi connectivity index (χ0n) is 22.8. The lowest BCUT2D eigenvalue weighted by molar-refractivity contribution is -0.153. The van der Waals surface area contributed by atoms with Gasteiger partial charge in [0.05, 0.1) is 25.2 Å². The van der Waals surface area contributed by atoms with Crippen LogP contribution in [0.5, 0.6) is 0 Å². The molecule has 6 rings (SSSR count). The average molecular weight is 497 g/mol. The fraction of sp³-hybridized carbons (Fsp3) is 0.806. The SMILES string of the molecule is CC(OC1C[C@@]2(C)C(=CC1OCCN)CC[C@@H]1[C@H]2CC[C@]2(C)C(c3ccoc3)CC[C@@H]12)N1CCCC1. The Balaban J connectivity index is 1.25. The first-order chi connectivity index (χ1) is 17.4. The highest BCUT2D eigenvalue weighted by molar-refractivity contribution is 5.29. The second kappa shape index (κ2) is 9.87. The van der Waals surface area contributed by atoms with Crippen LogP contribution in [0, 0.1) is 28.6 Å². The van der Waals surface area contributed by atoms with Crippen molar-refractivity contribution in [2.75, 3.05) is 26.2 Å². The summed E-state index contributed by atoms with van der Waals surface area (Å²) in [6.45, 7) is 10.9. The van der Waals surface area contributed by atoms with E-state index in [9.17, 15) is 0 Å². The van der Waals surface area contributed by atoms with Gasteiger partial charge in [-0.2, -0.15) is 0 Å². The molecule has 1 aromatic heterocycles. The fourth-order valence-electron chi connectivity index (χ4n) is 9.67. The molecular weight excluding hydrogens is 448 g/mol. The molecule has 200 valence electrons. The molecule has 5 heteroatoms. The monoisotopic (exact) mass is 496 g/mol. The molecule has 0 radical (unpaired) electrons. The maximum atomic E-state index is 6.86. The van der Waals surface area contributed by atoms with E-state index >= 15 is 0 Å². The van der Waals surface area contributed by atoms with Crippen molar-refractivity contribution in [2.24, 2.45) is 34.3 Å². The Labute approximate surface area is 218 Å². The molecule has 2 heterocycles. The van der Waals surface area contributed by atoms with Gasteiger partial charge >= 0.3 is 0 Å². The molecule has 5 nitrogen and oxygen atoms in total. The largest absolute Gasteiger partial charge is 0.472 e. The molecule has 5 aliphatic rings. The second-order valence-electron chi connectivity index (χ2n) is 13.1. The van der Waals surface area contributed by atoms with Crippen LogP contribution in [-0.4, -0.2) is 49.6 Å². The summed E-state index contributed by atoms with van der Waals surface area (Å²) in [5, 5.41) is 0. The first-order valence-corrected chi connectivity index (χ1v) is 14.9. The summed E-state index contributed by atoms with van der Waals surface area (Å²) in [6.07, 6.45) is 18.2. The number of nitrogens with two attached hydrogens (primary N) is 1. The Morgan fingerprint density at radius 2 is 1.97 bits per heavy atom. The summed E-state index contributed by atoms with van der Waals surface area (Å²) >= 11 is 0. The summed E-state index contributed by atoms with van der Waals surface area (Å²) in [7, 11) is 0. The van der Waals surface area contributed by atoms with Crippen LogP contribution in [0.1, 0.15) is 90.0 Å². The molecule has 9 atom stereocenters. The van der Waals surface area contributed by atoms with Gasteiger partial charge in [0.15, 0.2) is 0 Å². The number of hydrogen-bond acceptors (Lipinski definition) is 5. The van der Waals surface area contributed by atoms with Gasteiger partial charge in [-0.1, -0.05) is 25.5 Å². The Morgan fingerprint density at radius 1 is 1.14 bits per heavy atom. The molecule has 0 spiro atoms. The number of hydrogen-bond donors (Lipinski definition) is 1. The van der Waals surface area contributed by atoms with E-state index in [1.165, 1.54) is 56.9 Å². The van der Waals surface area contributed by atoms with Crippen molar-refractivity contribution >= 4 is 0 Å². The maximum absolute atomic E-state index is 6.86. The van der Waals surface area contributed by atoms with Crippen LogP contribution < -0.4 is 5.73 Å². The molecule has 4 aliphatic carbocycles. The normalized spacial score (nSPS) is 43.5. The third-order valence-corrected chi connectivity index (χ3v) is 11.5. The molecule has 0 amide bonds. The first kappa shape index (κ1) is 25.2. The molecule has 0 aromatic carbocycles. The van der Waals surface area contributed by atoms with Crippen molar-refractivity contribution in [3.05, 3.63) is 35.8 Å². The number of ether oxygens (including phenoxy) is 2. The van der Waals surface area contributed by atoms with E-state index in [0.717, 1.165) is 37.3 Å². The quantitative estimate of drug-likeness (QED) is 0.462. The highest BCUT2D eigenvalue weighted by atomic mass is 16.6. The predicted molar refractivity (Wildman–Crippen MR) is 142 cm³/mol. The maximum Gasteiger partial charge on any atom is 0.108 e. The standard InChI is InChI=1S/C31H48N2O3/c1-21(33-14-4-5-15-33)36-29-19-31(3)23(18-28(29)35-17-13-32)6-7-24-26-9-8-25(22-11-16-34-20-22)30(26,2)12-10-27(24)31/h11,16,18,20-21,24-29H,4-10,12-15,17,19,32H2,1-3H3/t21?,24-,25?,26-,27+,28?,29?,30+,31-/m0/s1. The molecule has 2 N–H and O–H groups in total. The summed E-state index contributed by atoms with van der Waals surface area (Å²) in [4.78, 5) is 2.51. The molecule has 1 aliphatic heterocycles. The third-order valence-electron chi connectivity index (χ3n) is 11.5. The molecule has 1 aromatic rings. The topological polar surface area (TPSA) is 60.9 Å². The van der Waals surface area contributed by atoms with Gasteiger partial charge in [-0.3, -0.25) is 4.90 Å². The Kier molecular flexibility index (Phi) is 6.90. The number of furan rings is 1. The minimum Gasteiger partial charge on any atom is -0.472 e. The minimum absolute atomic E-state index is 0.0315. The molecule has 4 unspecified atom stereocenters. The zero-order valence-corrected chi connectivity index (χ0v) is 22.8. The van der Waals surface area contributed by atoms with Gasteiger partial charge in [-0.05, 0) is 111 Å². The summed E-state index contributed by atoms with van der Waals surface area (Å²) in [5.74, 6) is 3.05. The summed E-state index contributed by atoms with van der Waals surface area (Å²) in [6, 6.07) is 2.22. The highest BCUT2D eigenvalue weighted by Gasteiger charge is 2.60. The average Bonchev–Trinajstić information content (AvgIpc) is 3.63. The lowest BCUT2D eigenvalue weighted by atomic mass is 9.46. The Morgan fingerprint density at radius 3 is 2.72 bits per heavy atom. The van der Waals surface area contributed by atoms with Crippen molar-refractivity contribution < 1.29 is 13.9 Å². The van der Waals surface area contributed by atoms with Gasteiger partial charge in [0.2, 0.25) is 0 Å². The van der Waals surface area contributed by atoms with Crippen LogP contribution in [0.25, 0.3) is 0 Å².